The predicted molar refractivity (Wildman–Crippen MR) is 158 cm³/mol. The van der Waals surface area contributed by atoms with Crippen molar-refractivity contribution in [1.82, 2.24) is 10.2 Å². The zero-order valence-corrected chi connectivity index (χ0v) is 25.2. The van der Waals surface area contributed by atoms with Crippen molar-refractivity contribution in [2.45, 2.75) is 44.7 Å². The Morgan fingerprint density at radius 3 is 2.23 bits per heavy atom. The molecule has 0 aliphatic rings. The number of sulfonamides is 1. The van der Waals surface area contributed by atoms with Gasteiger partial charge in [-0.3, -0.25) is 13.9 Å². The summed E-state index contributed by atoms with van der Waals surface area (Å²) in [6.07, 6.45) is 0.727. The summed E-state index contributed by atoms with van der Waals surface area (Å²) in [5, 5.41) is 3.52. The monoisotopic (exact) mass is 605 g/mol. The lowest BCUT2D eigenvalue weighted by atomic mass is 10.1. The molecule has 3 rings (SSSR count). The minimum atomic E-state index is -4.21. The molecule has 40 heavy (non-hydrogen) atoms. The number of nitrogens with one attached hydrogen (secondary N) is 1. The zero-order chi connectivity index (χ0) is 29.4. The van der Waals surface area contributed by atoms with Gasteiger partial charge in [0.25, 0.3) is 10.0 Å². The lowest BCUT2D eigenvalue weighted by Crippen LogP contribution is -2.51. The van der Waals surface area contributed by atoms with E-state index in [0.717, 1.165) is 21.9 Å². The summed E-state index contributed by atoms with van der Waals surface area (Å²) >= 11 is 12.4. The van der Waals surface area contributed by atoms with Gasteiger partial charge in [-0.2, -0.15) is 0 Å². The Kier molecular flexibility index (Phi) is 10.8. The van der Waals surface area contributed by atoms with E-state index in [0.29, 0.717) is 17.3 Å². The molecule has 0 bridgehead atoms. The molecule has 214 valence electrons. The van der Waals surface area contributed by atoms with Crippen LogP contribution in [0.4, 0.5) is 5.69 Å². The second-order valence-corrected chi connectivity index (χ2v) is 12.0. The Bertz CT molecular complexity index is 1430. The average molecular weight is 607 g/mol. The van der Waals surface area contributed by atoms with Crippen LogP contribution in [0.5, 0.6) is 5.75 Å². The first-order valence-electron chi connectivity index (χ1n) is 12.7. The van der Waals surface area contributed by atoms with Gasteiger partial charge >= 0.3 is 0 Å². The van der Waals surface area contributed by atoms with E-state index in [4.69, 9.17) is 27.9 Å². The number of methoxy groups -OCH3 is 1. The van der Waals surface area contributed by atoms with E-state index < -0.39 is 28.5 Å². The number of halogens is 2. The number of nitrogens with zero attached hydrogens (tertiary/aromatic N) is 2. The Morgan fingerprint density at radius 1 is 1.00 bits per heavy atom. The maximum Gasteiger partial charge on any atom is 0.264 e. The third-order valence-electron chi connectivity index (χ3n) is 6.29. The van der Waals surface area contributed by atoms with Crippen molar-refractivity contribution in [3.05, 3.63) is 87.9 Å². The number of rotatable bonds is 12. The first-order valence-corrected chi connectivity index (χ1v) is 14.9. The van der Waals surface area contributed by atoms with Gasteiger partial charge < -0.3 is 15.0 Å². The van der Waals surface area contributed by atoms with E-state index in [1.165, 1.54) is 42.3 Å². The van der Waals surface area contributed by atoms with Crippen molar-refractivity contribution in [2.24, 2.45) is 0 Å². The fraction of sp³-hybridized carbons (Fsp3) is 0.310. The predicted octanol–water partition coefficient (Wildman–Crippen LogP) is 5.45. The van der Waals surface area contributed by atoms with Gasteiger partial charge in [-0.05, 0) is 68.3 Å². The molecule has 1 unspecified atom stereocenters. The molecule has 0 aromatic heterocycles. The van der Waals surface area contributed by atoms with Crippen LogP contribution in [0.25, 0.3) is 0 Å². The highest BCUT2D eigenvalue weighted by molar-refractivity contribution is 7.92. The van der Waals surface area contributed by atoms with E-state index in [-0.39, 0.29) is 28.1 Å². The third-order valence-corrected chi connectivity index (χ3v) is 8.63. The summed E-state index contributed by atoms with van der Waals surface area (Å²) in [5.74, 6) is -0.559. The second kappa shape index (κ2) is 13.9. The van der Waals surface area contributed by atoms with Crippen LogP contribution in [0.15, 0.2) is 71.6 Å². The Morgan fingerprint density at radius 2 is 1.65 bits per heavy atom. The summed E-state index contributed by atoms with van der Waals surface area (Å²) < 4.78 is 34.0. The van der Waals surface area contributed by atoms with Crippen LogP contribution in [0.2, 0.25) is 10.0 Å². The fourth-order valence-corrected chi connectivity index (χ4v) is 5.73. The normalized spacial score (nSPS) is 11.9. The van der Waals surface area contributed by atoms with E-state index in [1.54, 1.807) is 43.3 Å². The van der Waals surface area contributed by atoms with Crippen molar-refractivity contribution in [3.8, 4) is 5.75 Å². The maximum atomic E-state index is 13.9. The molecule has 0 aliphatic heterocycles. The fourth-order valence-electron chi connectivity index (χ4n) is 3.94. The number of ether oxygens (including phenoxy) is 1. The molecule has 3 aromatic carbocycles. The molecule has 0 spiro atoms. The molecular weight excluding hydrogens is 573 g/mol. The van der Waals surface area contributed by atoms with Gasteiger partial charge in [0.15, 0.2) is 0 Å². The van der Waals surface area contributed by atoms with E-state index in [9.17, 15) is 18.0 Å². The van der Waals surface area contributed by atoms with Crippen molar-refractivity contribution in [2.75, 3.05) is 24.5 Å². The molecule has 0 saturated heterocycles. The van der Waals surface area contributed by atoms with Gasteiger partial charge in [0.05, 0.1) is 22.7 Å². The van der Waals surface area contributed by atoms with E-state index in [1.807, 2.05) is 13.8 Å². The highest BCUT2D eigenvalue weighted by Gasteiger charge is 2.32. The molecule has 0 heterocycles. The van der Waals surface area contributed by atoms with Gasteiger partial charge in [0.2, 0.25) is 11.8 Å². The standard InChI is InChI=1S/C29H33Cl2N3O5S/c1-5-16-32-29(36)21(3)33(18-22-8-10-23(30)11-9-22)28(35)19-34(24-12-15-27(39-4)26(31)17-24)40(37,38)25-13-6-20(2)7-14-25/h6-15,17,21H,5,16,18-19H2,1-4H3,(H,32,36). The van der Waals surface area contributed by atoms with Crippen LogP contribution in [0.3, 0.4) is 0 Å². The lowest BCUT2D eigenvalue weighted by molar-refractivity contribution is -0.139. The van der Waals surface area contributed by atoms with Gasteiger partial charge in [-0.25, -0.2) is 8.42 Å². The quantitative estimate of drug-likeness (QED) is 0.296. The molecule has 0 fully saturated rings. The number of carbonyl (C=O) groups excluding carboxylic acids is 2. The number of carbonyl (C=O) groups is 2. The van der Waals surface area contributed by atoms with Gasteiger partial charge in [-0.1, -0.05) is 60.0 Å². The van der Waals surface area contributed by atoms with Crippen LogP contribution in [-0.4, -0.2) is 51.4 Å². The molecule has 1 atom stereocenters. The molecule has 0 radical (unpaired) electrons. The summed E-state index contributed by atoms with van der Waals surface area (Å²) in [7, 11) is -2.76. The molecule has 3 aromatic rings. The van der Waals surface area contributed by atoms with Crippen molar-refractivity contribution < 1.29 is 22.7 Å². The van der Waals surface area contributed by atoms with Gasteiger partial charge in [0, 0.05) is 18.1 Å². The first kappa shape index (κ1) is 31.3. The van der Waals surface area contributed by atoms with Crippen molar-refractivity contribution in [3.63, 3.8) is 0 Å². The molecular formula is C29H33Cl2N3O5S. The Balaban J connectivity index is 2.05. The Hall–Kier alpha value is -3.27. The molecule has 11 heteroatoms. The van der Waals surface area contributed by atoms with Crippen molar-refractivity contribution >= 4 is 50.7 Å². The summed E-state index contributed by atoms with van der Waals surface area (Å²) in [5.41, 5.74) is 1.79. The second-order valence-electron chi connectivity index (χ2n) is 9.26. The van der Waals surface area contributed by atoms with Crippen LogP contribution < -0.4 is 14.4 Å². The number of benzene rings is 3. The van der Waals surface area contributed by atoms with Crippen LogP contribution in [0, 0.1) is 6.92 Å². The highest BCUT2D eigenvalue weighted by atomic mass is 35.5. The Labute approximate surface area is 245 Å². The summed E-state index contributed by atoms with van der Waals surface area (Å²) in [6, 6.07) is 16.8. The minimum Gasteiger partial charge on any atom is -0.495 e. The minimum absolute atomic E-state index is 0.0100. The van der Waals surface area contributed by atoms with Crippen LogP contribution in [-0.2, 0) is 26.2 Å². The molecule has 1 N–H and O–H groups in total. The summed E-state index contributed by atoms with van der Waals surface area (Å²) in [6.45, 7) is 5.33. The van der Waals surface area contributed by atoms with Crippen LogP contribution >= 0.6 is 23.2 Å². The van der Waals surface area contributed by atoms with Gasteiger partial charge in [-0.15, -0.1) is 0 Å². The average Bonchev–Trinajstić information content (AvgIpc) is 2.93. The van der Waals surface area contributed by atoms with Gasteiger partial charge in [0.1, 0.15) is 18.3 Å². The number of anilines is 1. The largest absolute Gasteiger partial charge is 0.495 e. The molecule has 8 nitrogen and oxygen atoms in total. The number of amides is 2. The number of aryl methyl sites for hydroxylation is 1. The number of hydrogen-bond acceptors (Lipinski definition) is 5. The highest BCUT2D eigenvalue weighted by Crippen LogP contribution is 2.32. The maximum absolute atomic E-state index is 13.9. The molecule has 0 saturated carbocycles. The van der Waals surface area contributed by atoms with E-state index in [2.05, 4.69) is 5.32 Å². The topological polar surface area (TPSA) is 96.0 Å². The summed E-state index contributed by atoms with van der Waals surface area (Å²) in [4.78, 5) is 28.2. The zero-order valence-electron chi connectivity index (χ0n) is 22.9. The number of hydrogen-bond donors (Lipinski definition) is 1. The first-order chi connectivity index (χ1) is 19.0. The SMILES string of the molecule is CCCNC(=O)C(C)N(Cc1ccc(Cl)cc1)C(=O)CN(c1ccc(OC)c(Cl)c1)S(=O)(=O)c1ccc(C)cc1. The third kappa shape index (κ3) is 7.68. The van der Waals surface area contributed by atoms with Crippen LogP contribution in [0.1, 0.15) is 31.4 Å². The van der Waals surface area contributed by atoms with Crippen molar-refractivity contribution in [1.29, 1.82) is 0 Å². The molecule has 2 amide bonds. The molecule has 0 aliphatic carbocycles. The van der Waals surface area contributed by atoms with E-state index >= 15 is 0 Å². The lowest BCUT2D eigenvalue weighted by Gasteiger charge is -2.32. The smallest absolute Gasteiger partial charge is 0.264 e.